The summed E-state index contributed by atoms with van der Waals surface area (Å²) >= 11 is 0. The number of hydrogen-bond acceptors (Lipinski definition) is 4. The van der Waals surface area contributed by atoms with Crippen LogP contribution in [0.4, 0.5) is 0 Å². The van der Waals surface area contributed by atoms with Gasteiger partial charge in [-0.3, -0.25) is 9.48 Å². The van der Waals surface area contributed by atoms with Crippen molar-refractivity contribution in [2.45, 2.75) is 13.8 Å². The maximum atomic E-state index is 11.4. The smallest absolute Gasteiger partial charge is 0.357 e. The lowest BCUT2D eigenvalue weighted by atomic mass is 10.2. The van der Waals surface area contributed by atoms with Crippen molar-refractivity contribution in [2.24, 2.45) is 7.05 Å². The molecule has 0 spiro atoms. The van der Waals surface area contributed by atoms with Crippen molar-refractivity contribution >= 4 is 12.3 Å². The summed E-state index contributed by atoms with van der Waals surface area (Å²) in [6.07, 6.45) is 0.620. The zero-order valence-electron chi connectivity index (χ0n) is 8.40. The summed E-state index contributed by atoms with van der Waals surface area (Å²) in [4.78, 5) is 22.1. The molecule has 0 aliphatic heterocycles. The van der Waals surface area contributed by atoms with E-state index in [-0.39, 0.29) is 12.3 Å². The van der Waals surface area contributed by atoms with Crippen molar-refractivity contribution in [2.75, 3.05) is 6.61 Å². The van der Waals surface area contributed by atoms with E-state index in [1.807, 2.05) is 0 Å². The van der Waals surface area contributed by atoms with Gasteiger partial charge in [0.2, 0.25) is 0 Å². The first-order chi connectivity index (χ1) is 6.61. The van der Waals surface area contributed by atoms with Gasteiger partial charge < -0.3 is 4.74 Å². The number of hydrogen-bond donors (Lipinski definition) is 0. The summed E-state index contributed by atoms with van der Waals surface area (Å²) in [6, 6.07) is 0. The van der Waals surface area contributed by atoms with Gasteiger partial charge >= 0.3 is 5.97 Å². The van der Waals surface area contributed by atoms with Gasteiger partial charge in [-0.05, 0) is 13.8 Å². The molecule has 0 bridgehead atoms. The maximum Gasteiger partial charge on any atom is 0.357 e. The van der Waals surface area contributed by atoms with E-state index in [4.69, 9.17) is 4.74 Å². The maximum absolute atomic E-state index is 11.4. The molecular formula is C9H12N2O3. The summed E-state index contributed by atoms with van der Waals surface area (Å²) in [5.41, 5.74) is 1.04. The van der Waals surface area contributed by atoms with Crippen LogP contribution in [0.2, 0.25) is 0 Å². The van der Waals surface area contributed by atoms with Crippen LogP contribution >= 0.6 is 0 Å². The van der Waals surface area contributed by atoms with Crippen LogP contribution in [0.1, 0.15) is 33.5 Å². The predicted molar refractivity (Wildman–Crippen MR) is 49.3 cm³/mol. The highest BCUT2D eigenvalue weighted by molar-refractivity contribution is 5.97. The van der Waals surface area contributed by atoms with Crippen LogP contribution in [0.3, 0.4) is 0 Å². The molecule has 1 aromatic heterocycles. The fraction of sp³-hybridized carbons (Fsp3) is 0.444. The lowest BCUT2D eigenvalue weighted by molar-refractivity contribution is 0.0511. The first-order valence-corrected chi connectivity index (χ1v) is 4.27. The number of carbonyl (C=O) groups is 2. The molecule has 0 amide bonds. The molecule has 1 rings (SSSR count). The summed E-state index contributed by atoms with van der Waals surface area (Å²) < 4.78 is 6.16. The minimum absolute atomic E-state index is 0.208. The quantitative estimate of drug-likeness (QED) is 0.528. The van der Waals surface area contributed by atoms with Crippen LogP contribution in [0.25, 0.3) is 0 Å². The fourth-order valence-corrected chi connectivity index (χ4v) is 1.26. The topological polar surface area (TPSA) is 61.2 Å². The first kappa shape index (κ1) is 10.4. The summed E-state index contributed by atoms with van der Waals surface area (Å²) in [5, 5.41) is 3.97. The van der Waals surface area contributed by atoms with Gasteiger partial charge in [-0.25, -0.2) is 4.79 Å². The largest absolute Gasteiger partial charge is 0.461 e. The molecule has 76 valence electrons. The Morgan fingerprint density at radius 2 is 2.29 bits per heavy atom. The van der Waals surface area contributed by atoms with E-state index in [0.717, 1.165) is 0 Å². The Morgan fingerprint density at radius 1 is 1.64 bits per heavy atom. The van der Waals surface area contributed by atoms with Crippen molar-refractivity contribution in [3.05, 3.63) is 17.0 Å². The predicted octanol–water partition coefficient (Wildman–Crippen LogP) is 0.718. The third-order valence-corrected chi connectivity index (χ3v) is 1.86. The van der Waals surface area contributed by atoms with Crippen molar-refractivity contribution in [1.29, 1.82) is 0 Å². The number of esters is 1. The standard InChI is InChI=1S/C9H12N2O3/c1-4-14-9(13)8-7(5-12)6(2)10-11(8)3/h5H,4H2,1-3H3. The van der Waals surface area contributed by atoms with Crippen LogP contribution in [-0.4, -0.2) is 28.6 Å². The average Bonchev–Trinajstić information content (AvgIpc) is 2.40. The number of aromatic nitrogens is 2. The van der Waals surface area contributed by atoms with Gasteiger partial charge in [0.15, 0.2) is 12.0 Å². The minimum Gasteiger partial charge on any atom is -0.461 e. The number of aryl methyl sites for hydroxylation is 2. The molecule has 0 N–H and O–H groups in total. The molecule has 0 aromatic carbocycles. The Hall–Kier alpha value is -1.65. The van der Waals surface area contributed by atoms with Gasteiger partial charge in [0.1, 0.15) is 0 Å². The van der Waals surface area contributed by atoms with Crippen LogP contribution in [0, 0.1) is 6.92 Å². The Balaban J connectivity index is 3.18. The Morgan fingerprint density at radius 3 is 2.79 bits per heavy atom. The van der Waals surface area contributed by atoms with Gasteiger partial charge in [0.25, 0.3) is 0 Å². The molecule has 0 radical (unpaired) electrons. The summed E-state index contributed by atoms with van der Waals surface area (Å²) in [6.45, 7) is 3.66. The van der Waals surface area contributed by atoms with Crippen molar-refractivity contribution in [1.82, 2.24) is 9.78 Å². The van der Waals surface area contributed by atoms with Crippen LogP contribution in [0.5, 0.6) is 0 Å². The molecule has 0 atom stereocenters. The number of rotatable bonds is 3. The van der Waals surface area contributed by atoms with Crippen LogP contribution < -0.4 is 0 Å². The molecular weight excluding hydrogens is 184 g/mol. The molecule has 14 heavy (non-hydrogen) atoms. The van der Waals surface area contributed by atoms with E-state index in [1.165, 1.54) is 4.68 Å². The minimum atomic E-state index is -0.516. The molecule has 1 heterocycles. The van der Waals surface area contributed by atoms with Crippen molar-refractivity contribution < 1.29 is 14.3 Å². The Kier molecular flexibility index (Phi) is 3.01. The molecule has 0 aliphatic rings. The van der Waals surface area contributed by atoms with E-state index in [1.54, 1.807) is 20.9 Å². The number of nitrogens with zero attached hydrogens (tertiary/aromatic N) is 2. The molecule has 5 heteroatoms. The van der Waals surface area contributed by atoms with Crippen LogP contribution in [0.15, 0.2) is 0 Å². The molecule has 5 nitrogen and oxygen atoms in total. The third kappa shape index (κ3) is 1.66. The van der Waals surface area contributed by atoms with Crippen LogP contribution in [-0.2, 0) is 11.8 Å². The van der Waals surface area contributed by atoms with E-state index in [9.17, 15) is 9.59 Å². The molecule has 0 saturated heterocycles. The molecule has 0 unspecified atom stereocenters. The van der Waals surface area contributed by atoms with Gasteiger partial charge in [0.05, 0.1) is 17.9 Å². The zero-order chi connectivity index (χ0) is 10.7. The van der Waals surface area contributed by atoms with Crippen molar-refractivity contribution in [3.8, 4) is 0 Å². The second kappa shape index (κ2) is 4.04. The summed E-state index contributed by atoms with van der Waals surface area (Å²) in [5.74, 6) is -0.516. The van der Waals surface area contributed by atoms with E-state index in [2.05, 4.69) is 5.10 Å². The second-order valence-electron chi connectivity index (χ2n) is 2.81. The monoisotopic (exact) mass is 196 g/mol. The zero-order valence-corrected chi connectivity index (χ0v) is 8.40. The average molecular weight is 196 g/mol. The highest BCUT2D eigenvalue weighted by Gasteiger charge is 2.20. The molecule has 0 saturated carbocycles. The molecule has 0 fully saturated rings. The fourth-order valence-electron chi connectivity index (χ4n) is 1.26. The first-order valence-electron chi connectivity index (χ1n) is 4.27. The highest BCUT2D eigenvalue weighted by Crippen LogP contribution is 2.11. The lowest BCUT2D eigenvalue weighted by Gasteiger charge is -2.01. The lowest BCUT2D eigenvalue weighted by Crippen LogP contribution is -2.12. The highest BCUT2D eigenvalue weighted by atomic mass is 16.5. The van der Waals surface area contributed by atoms with Gasteiger partial charge in [-0.2, -0.15) is 5.10 Å². The Bertz CT molecular complexity index is 368. The second-order valence-corrected chi connectivity index (χ2v) is 2.81. The van der Waals surface area contributed by atoms with Gasteiger partial charge in [0, 0.05) is 7.05 Å². The number of aldehydes is 1. The van der Waals surface area contributed by atoms with Gasteiger partial charge in [-0.1, -0.05) is 0 Å². The third-order valence-electron chi connectivity index (χ3n) is 1.86. The van der Waals surface area contributed by atoms with Crippen molar-refractivity contribution in [3.63, 3.8) is 0 Å². The Labute approximate surface area is 81.7 Å². The number of ether oxygens (including phenoxy) is 1. The van der Waals surface area contributed by atoms with Gasteiger partial charge in [-0.15, -0.1) is 0 Å². The summed E-state index contributed by atoms with van der Waals surface area (Å²) in [7, 11) is 1.60. The molecule has 1 aromatic rings. The normalized spacial score (nSPS) is 9.93. The van der Waals surface area contributed by atoms with E-state index in [0.29, 0.717) is 17.5 Å². The van der Waals surface area contributed by atoms with E-state index < -0.39 is 5.97 Å². The van der Waals surface area contributed by atoms with E-state index >= 15 is 0 Å². The SMILES string of the molecule is CCOC(=O)c1c(C=O)c(C)nn1C. The molecule has 0 aliphatic carbocycles. The number of carbonyl (C=O) groups excluding carboxylic acids is 2.